The van der Waals surface area contributed by atoms with Gasteiger partial charge in [-0.15, -0.1) is 0 Å². The van der Waals surface area contributed by atoms with Crippen LogP contribution in [0, 0.1) is 0 Å². The smallest absolute Gasteiger partial charge is 0.326 e. The van der Waals surface area contributed by atoms with Crippen molar-refractivity contribution in [2.45, 2.75) is 134 Å². The molecule has 0 bridgehead atoms. The number of rotatable bonds is 26. The number of hydrogen-bond acceptors (Lipinski definition) is 8. The molecule has 0 fully saturated rings. The molecule has 0 aliphatic rings. The second-order valence-electron chi connectivity index (χ2n) is 10.9. The van der Waals surface area contributed by atoms with E-state index < -0.39 is 66.2 Å². The lowest BCUT2D eigenvalue weighted by atomic mass is 10.0. The number of carbonyl (C=O) groups excluding carboxylic acids is 5. The van der Waals surface area contributed by atoms with Gasteiger partial charge < -0.3 is 42.9 Å². The molecule has 0 saturated heterocycles. The van der Waals surface area contributed by atoms with Crippen LogP contribution in [0.3, 0.4) is 0 Å². The quantitative estimate of drug-likeness (QED) is 0.0612. The minimum absolute atomic E-state index is 0.0156. The first-order valence-electron chi connectivity index (χ1n) is 15.5. The third-order valence-electron chi connectivity index (χ3n) is 7.04. The van der Waals surface area contributed by atoms with Gasteiger partial charge in [-0.25, -0.2) is 9.59 Å². The standard InChI is InChI=1S/C29H52N6O9/c1-3-4-5-6-7-8-9-10-11-15-23(36)32-19(2)27(40)35-22(29(43)44)16-17-24(37)34-21(28(41)42)14-12-13-20(26(31)39)33-25(38)18-30/h19-22H,3-18,30H2,1-2H3,(H2,31,39)(H,32,36)(H,33,38)(H,34,37)(H,35,40)(H,41,42)(H,43,44)/t19-,20-,21-,22+/m0/s1. The molecule has 0 radical (unpaired) electrons. The molecule has 5 amide bonds. The summed E-state index contributed by atoms with van der Waals surface area (Å²) in [4.78, 5) is 83.3. The van der Waals surface area contributed by atoms with Gasteiger partial charge in [0.05, 0.1) is 6.54 Å². The van der Waals surface area contributed by atoms with E-state index in [2.05, 4.69) is 28.2 Å². The number of unbranched alkanes of at least 4 members (excludes halogenated alkanes) is 8. The Hall–Kier alpha value is -3.75. The molecule has 15 nitrogen and oxygen atoms in total. The first-order chi connectivity index (χ1) is 20.8. The van der Waals surface area contributed by atoms with Crippen LogP contribution >= 0.6 is 0 Å². The van der Waals surface area contributed by atoms with Crippen molar-refractivity contribution in [2.75, 3.05) is 6.54 Å². The molecule has 0 aliphatic carbocycles. The molecule has 10 N–H and O–H groups in total. The van der Waals surface area contributed by atoms with Crippen LogP contribution in [-0.2, 0) is 33.6 Å². The Bertz CT molecular complexity index is 946. The van der Waals surface area contributed by atoms with Crippen LogP contribution in [-0.4, -0.2) is 82.4 Å². The zero-order chi connectivity index (χ0) is 33.5. The number of amides is 5. The van der Waals surface area contributed by atoms with Crippen molar-refractivity contribution in [3.63, 3.8) is 0 Å². The zero-order valence-corrected chi connectivity index (χ0v) is 26.0. The van der Waals surface area contributed by atoms with Gasteiger partial charge in [-0.1, -0.05) is 58.3 Å². The third kappa shape index (κ3) is 19.4. The minimum atomic E-state index is -1.45. The Morgan fingerprint density at radius 3 is 1.59 bits per heavy atom. The molecule has 0 aromatic carbocycles. The molecule has 0 unspecified atom stereocenters. The van der Waals surface area contributed by atoms with Crippen LogP contribution in [0.15, 0.2) is 0 Å². The molecule has 0 saturated carbocycles. The Kier molecular flexibility index (Phi) is 21.7. The molecule has 0 rings (SSSR count). The molecule has 4 atom stereocenters. The Morgan fingerprint density at radius 2 is 1.07 bits per heavy atom. The van der Waals surface area contributed by atoms with Crippen LogP contribution in [0.1, 0.15) is 110 Å². The van der Waals surface area contributed by atoms with Gasteiger partial charge in [-0.2, -0.15) is 0 Å². The number of carbonyl (C=O) groups is 7. The monoisotopic (exact) mass is 628 g/mol. The number of hydrogen-bond donors (Lipinski definition) is 8. The lowest BCUT2D eigenvalue weighted by Gasteiger charge is -2.20. The third-order valence-corrected chi connectivity index (χ3v) is 7.04. The summed E-state index contributed by atoms with van der Waals surface area (Å²) in [5.74, 6) is -5.98. The fourth-order valence-electron chi connectivity index (χ4n) is 4.39. The van der Waals surface area contributed by atoms with Crippen LogP contribution in [0.4, 0.5) is 0 Å². The van der Waals surface area contributed by atoms with E-state index in [1.54, 1.807) is 0 Å². The summed E-state index contributed by atoms with van der Waals surface area (Å²) in [7, 11) is 0. The molecular weight excluding hydrogens is 576 g/mol. The summed E-state index contributed by atoms with van der Waals surface area (Å²) in [5, 5.41) is 28.4. The maximum Gasteiger partial charge on any atom is 0.326 e. The maximum atomic E-state index is 12.5. The minimum Gasteiger partial charge on any atom is -0.480 e. The molecule has 0 aliphatic heterocycles. The summed E-state index contributed by atoms with van der Waals surface area (Å²) < 4.78 is 0. The van der Waals surface area contributed by atoms with E-state index in [1.165, 1.54) is 39.0 Å². The summed E-state index contributed by atoms with van der Waals surface area (Å²) in [6.45, 7) is 3.24. The van der Waals surface area contributed by atoms with Gasteiger partial charge in [0, 0.05) is 12.8 Å². The van der Waals surface area contributed by atoms with E-state index in [0.29, 0.717) is 6.42 Å². The first kappa shape index (κ1) is 40.2. The predicted molar refractivity (Wildman–Crippen MR) is 162 cm³/mol. The molecule has 0 aromatic heterocycles. The maximum absolute atomic E-state index is 12.5. The molecule has 0 heterocycles. The Morgan fingerprint density at radius 1 is 0.591 bits per heavy atom. The van der Waals surface area contributed by atoms with Crippen molar-refractivity contribution in [3.8, 4) is 0 Å². The van der Waals surface area contributed by atoms with Crippen molar-refractivity contribution in [3.05, 3.63) is 0 Å². The van der Waals surface area contributed by atoms with E-state index in [0.717, 1.165) is 19.3 Å². The second kappa shape index (κ2) is 23.7. The number of primary amides is 1. The highest BCUT2D eigenvalue weighted by molar-refractivity contribution is 5.90. The molecular formula is C29H52N6O9. The first-order valence-corrected chi connectivity index (χ1v) is 15.5. The SMILES string of the molecule is CCCCCCCCCCCC(=O)N[C@@H](C)C(=O)N[C@H](CCC(=O)N[C@@H](CCC[C@H](NC(=O)CN)C(N)=O)C(=O)O)C(=O)O. The van der Waals surface area contributed by atoms with Gasteiger partial charge in [0.15, 0.2) is 0 Å². The van der Waals surface area contributed by atoms with Crippen molar-refractivity contribution in [1.29, 1.82) is 0 Å². The van der Waals surface area contributed by atoms with Crippen LogP contribution in [0.25, 0.3) is 0 Å². The van der Waals surface area contributed by atoms with Gasteiger partial charge in [0.25, 0.3) is 0 Å². The molecule has 15 heteroatoms. The van der Waals surface area contributed by atoms with Gasteiger partial charge in [-0.3, -0.25) is 24.0 Å². The summed E-state index contributed by atoms with van der Waals surface area (Å²) in [6, 6.07) is -4.85. The fraction of sp³-hybridized carbons (Fsp3) is 0.759. The normalized spacial score (nSPS) is 13.5. The Labute approximate surface area is 259 Å². The van der Waals surface area contributed by atoms with Crippen LogP contribution < -0.4 is 32.7 Å². The highest BCUT2D eigenvalue weighted by Gasteiger charge is 2.26. The number of carboxylic acids is 2. The van der Waals surface area contributed by atoms with Crippen LogP contribution in [0.2, 0.25) is 0 Å². The van der Waals surface area contributed by atoms with E-state index in [1.807, 2.05) is 0 Å². The van der Waals surface area contributed by atoms with E-state index in [4.69, 9.17) is 11.5 Å². The van der Waals surface area contributed by atoms with Gasteiger partial charge in [0.2, 0.25) is 29.5 Å². The van der Waals surface area contributed by atoms with Gasteiger partial charge >= 0.3 is 11.9 Å². The lowest BCUT2D eigenvalue weighted by molar-refractivity contribution is -0.143. The second-order valence-corrected chi connectivity index (χ2v) is 10.9. The number of nitrogens with one attached hydrogen (secondary N) is 4. The molecule has 44 heavy (non-hydrogen) atoms. The van der Waals surface area contributed by atoms with E-state index in [9.17, 15) is 43.8 Å². The van der Waals surface area contributed by atoms with Crippen molar-refractivity contribution in [2.24, 2.45) is 11.5 Å². The number of nitrogens with two attached hydrogens (primary N) is 2. The van der Waals surface area contributed by atoms with Crippen LogP contribution in [0.5, 0.6) is 0 Å². The zero-order valence-electron chi connectivity index (χ0n) is 26.0. The van der Waals surface area contributed by atoms with Crippen molar-refractivity contribution >= 4 is 41.5 Å². The average Bonchev–Trinajstić information content (AvgIpc) is 2.96. The average molecular weight is 629 g/mol. The highest BCUT2D eigenvalue weighted by Crippen LogP contribution is 2.11. The molecule has 252 valence electrons. The molecule has 0 aromatic rings. The summed E-state index contributed by atoms with van der Waals surface area (Å²) in [5.41, 5.74) is 10.4. The number of aliphatic carboxylic acids is 2. The largest absolute Gasteiger partial charge is 0.480 e. The van der Waals surface area contributed by atoms with Crippen molar-refractivity contribution in [1.82, 2.24) is 21.3 Å². The summed E-state index contributed by atoms with van der Waals surface area (Å²) in [6.07, 6.45) is 9.45. The van der Waals surface area contributed by atoms with Gasteiger partial charge in [-0.05, 0) is 39.0 Å². The van der Waals surface area contributed by atoms with E-state index >= 15 is 0 Å². The number of carboxylic acid groups (broad SMARTS) is 2. The summed E-state index contributed by atoms with van der Waals surface area (Å²) >= 11 is 0. The highest BCUT2D eigenvalue weighted by atomic mass is 16.4. The fourth-order valence-corrected chi connectivity index (χ4v) is 4.39. The Balaban J connectivity index is 4.59. The van der Waals surface area contributed by atoms with Crippen molar-refractivity contribution < 1.29 is 43.8 Å². The van der Waals surface area contributed by atoms with Gasteiger partial charge in [0.1, 0.15) is 24.2 Å². The predicted octanol–water partition coefficient (Wildman–Crippen LogP) is 0.430. The lowest BCUT2D eigenvalue weighted by Crippen LogP contribution is -2.50. The molecule has 0 spiro atoms. The van der Waals surface area contributed by atoms with E-state index in [-0.39, 0.29) is 44.6 Å². The topological polar surface area (TPSA) is 260 Å².